The third-order valence-corrected chi connectivity index (χ3v) is 3.60. The summed E-state index contributed by atoms with van der Waals surface area (Å²) in [6.07, 6.45) is 0.0281. The molecule has 1 heterocycles. The normalized spacial score (nSPS) is 11.5. The number of hydrogen-bond donors (Lipinski definition) is 1. The van der Waals surface area contributed by atoms with Gasteiger partial charge in [-0.15, -0.1) is 0 Å². The molecule has 0 aliphatic carbocycles. The molecule has 8 heteroatoms. The second kappa shape index (κ2) is 9.05. The van der Waals surface area contributed by atoms with Crippen LogP contribution in [0.3, 0.4) is 0 Å². The number of rotatable bonds is 7. The van der Waals surface area contributed by atoms with Crippen LogP contribution in [0, 0.1) is 5.82 Å². The molecule has 0 aliphatic heterocycles. The van der Waals surface area contributed by atoms with Crippen LogP contribution in [0.4, 0.5) is 10.2 Å². The van der Waals surface area contributed by atoms with Gasteiger partial charge in [-0.1, -0.05) is 11.6 Å². The summed E-state index contributed by atoms with van der Waals surface area (Å²) in [5.74, 6) is -1.74. The number of ketones is 1. The second-order valence-electron chi connectivity index (χ2n) is 5.41. The lowest BCUT2D eigenvalue weighted by Gasteiger charge is -2.13. The van der Waals surface area contributed by atoms with E-state index in [4.69, 9.17) is 16.3 Å². The van der Waals surface area contributed by atoms with Crippen molar-refractivity contribution in [3.8, 4) is 0 Å². The number of esters is 1. The van der Waals surface area contributed by atoms with Crippen molar-refractivity contribution in [2.75, 3.05) is 5.32 Å². The Morgan fingerprint density at radius 1 is 1.15 bits per heavy atom. The number of Topliss-reactive ketones (excluding diaryl/α,β-unsaturated/α-hetero) is 1. The molecule has 1 atom stereocenters. The van der Waals surface area contributed by atoms with Gasteiger partial charge in [0.15, 0.2) is 11.9 Å². The van der Waals surface area contributed by atoms with Crippen molar-refractivity contribution in [3.63, 3.8) is 0 Å². The lowest BCUT2D eigenvalue weighted by Crippen LogP contribution is -2.30. The number of nitrogens with one attached hydrogen (secondary N) is 1. The highest BCUT2D eigenvalue weighted by atomic mass is 35.5. The second-order valence-corrected chi connectivity index (χ2v) is 5.85. The number of anilines is 1. The summed E-state index contributed by atoms with van der Waals surface area (Å²) in [4.78, 5) is 39.6. The first-order chi connectivity index (χ1) is 12.3. The van der Waals surface area contributed by atoms with Crippen LogP contribution in [0.2, 0.25) is 5.02 Å². The van der Waals surface area contributed by atoms with E-state index in [0.29, 0.717) is 10.6 Å². The molecule has 1 aromatic carbocycles. The highest BCUT2D eigenvalue weighted by Gasteiger charge is 2.19. The van der Waals surface area contributed by atoms with E-state index in [0.717, 1.165) is 0 Å². The molecule has 0 spiro atoms. The molecule has 0 bridgehead atoms. The van der Waals surface area contributed by atoms with Crippen molar-refractivity contribution in [2.24, 2.45) is 0 Å². The fourth-order valence-electron chi connectivity index (χ4n) is 1.98. The Labute approximate surface area is 154 Å². The summed E-state index contributed by atoms with van der Waals surface area (Å²) in [7, 11) is 0. The number of hydrogen-bond acceptors (Lipinski definition) is 5. The van der Waals surface area contributed by atoms with Gasteiger partial charge < -0.3 is 10.1 Å². The number of carbonyl (C=O) groups is 3. The van der Waals surface area contributed by atoms with Gasteiger partial charge in [-0.25, -0.2) is 9.37 Å². The zero-order chi connectivity index (χ0) is 19.1. The molecule has 0 fully saturated rings. The highest BCUT2D eigenvalue weighted by molar-refractivity contribution is 6.30. The van der Waals surface area contributed by atoms with E-state index in [1.807, 2.05) is 0 Å². The highest BCUT2D eigenvalue weighted by Crippen LogP contribution is 2.11. The number of pyridine rings is 1. The summed E-state index contributed by atoms with van der Waals surface area (Å²) in [6, 6.07) is 8.10. The molecule has 0 aliphatic rings. The quantitative estimate of drug-likeness (QED) is 0.589. The minimum absolute atomic E-state index is 0.0997. The Balaban J connectivity index is 1.79. The molecule has 0 unspecified atom stereocenters. The molecule has 1 aromatic heterocycles. The van der Waals surface area contributed by atoms with Gasteiger partial charge in [-0.3, -0.25) is 14.4 Å². The fraction of sp³-hybridized carbons (Fsp3) is 0.222. The molecule has 1 amide bonds. The van der Waals surface area contributed by atoms with E-state index in [1.165, 1.54) is 43.5 Å². The molecule has 0 saturated heterocycles. The number of carbonyl (C=O) groups excluding carboxylic acids is 3. The molecule has 2 rings (SSSR count). The summed E-state index contributed by atoms with van der Waals surface area (Å²) < 4.78 is 17.8. The predicted molar refractivity (Wildman–Crippen MR) is 93.4 cm³/mol. The monoisotopic (exact) mass is 378 g/mol. The van der Waals surface area contributed by atoms with Gasteiger partial charge in [-0.05, 0) is 43.3 Å². The van der Waals surface area contributed by atoms with E-state index < -0.39 is 23.8 Å². The summed E-state index contributed by atoms with van der Waals surface area (Å²) in [5, 5.41) is 2.91. The summed E-state index contributed by atoms with van der Waals surface area (Å²) >= 11 is 5.70. The maximum Gasteiger partial charge on any atom is 0.307 e. The van der Waals surface area contributed by atoms with E-state index in [1.54, 1.807) is 6.07 Å². The number of aromatic nitrogens is 1. The van der Waals surface area contributed by atoms with E-state index >= 15 is 0 Å². The van der Waals surface area contributed by atoms with Gasteiger partial charge in [0.05, 0.1) is 11.4 Å². The Hall–Kier alpha value is -2.80. The number of ether oxygens (including phenoxy) is 1. The zero-order valence-corrected chi connectivity index (χ0v) is 14.6. The van der Waals surface area contributed by atoms with Crippen LogP contribution < -0.4 is 5.32 Å². The molecule has 1 N–H and O–H groups in total. The first-order valence-corrected chi connectivity index (χ1v) is 8.13. The predicted octanol–water partition coefficient (Wildman–Crippen LogP) is 3.41. The van der Waals surface area contributed by atoms with Gasteiger partial charge in [0.25, 0.3) is 5.91 Å². The SMILES string of the molecule is C[C@H](OC(=O)CCC(=O)c1ccc(F)cc1)C(=O)Nc1ccc(Cl)cn1. The first kappa shape index (κ1) is 19.5. The maximum atomic E-state index is 12.8. The third-order valence-electron chi connectivity index (χ3n) is 3.38. The number of benzene rings is 1. The summed E-state index contributed by atoms with van der Waals surface area (Å²) in [5.41, 5.74) is 0.304. The topological polar surface area (TPSA) is 85.4 Å². The molecular weight excluding hydrogens is 363 g/mol. The molecular formula is C18H16ClFN2O4. The lowest BCUT2D eigenvalue weighted by atomic mass is 10.1. The minimum atomic E-state index is -1.05. The van der Waals surface area contributed by atoms with Crippen molar-refractivity contribution in [1.82, 2.24) is 4.98 Å². The van der Waals surface area contributed by atoms with Crippen LogP contribution >= 0.6 is 11.6 Å². The Morgan fingerprint density at radius 3 is 2.46 bits per heavy atom. The van der Waals surface area contributed by atoms with Crippen molar-refractivity contribution in [2.45, 2.75) is 25.9 Å². The average Bonchev–Trinajstić information content (AvgIpc) is 2.62. The maximum absolute atomic E-state index is 12.8. The van der Waals surface area contributed by atoms with E-state index in [-0.39, 0.29) is 24.4 Å². The van der Waals surface area contributed by atoms with Crippen LogP contribution in [0.5, 0.6) is 0 Å². The Morgan fingerprint density at radius 2 is 1.85 bits per heavy atom. The number of halogens is 2. The van der Waals surface area contributed by atoms with Crippen LogP contribution in [-0.2, 0) is 14.3 Å². The van der Waals surface area contributed by atoms with Crippen molar-refractivity contribution in [1.29, 1.82) is 0 Å². The average molecular weight is 379 g/mol. The largest absolute Gasteiger partial charge is 0.453 e. The minimum Gasteiger partial charge on any atom is -0.453 e. The number of amides is 1. The van der Waals surface area contributed by atoms with Crippen molar-refractivity contribution in [3.05, 3.63) is 59.0 Å². The smallest absolute Gasteiger partial charge is 0.307 e. The van der Waals surface area contributed by atoms with E-state index in [9.17, 15) is 18.8 Å². The van der Waals surface area contributed by atoms with Gasteiger partial charge in [-0.2, -0.15) is 0 Å². The summed E-state index contributed by atoms with van der Waals surface area (Å²) in [6.45, 7) is 1.41. The van der Waals surface area contributed by atoms with Gasteiger partial charge in [0, 0.05) is 18.2 Å². The lowest BCUT2D eigenvalue weighted by molar-refractivity contribution is -0.153. The van der Waals surface area contributed by atoms with Crippen LogP contribution in [0.15, 0.2) is 42.6 Å². The Bertz CT molecular complexity index is 794. The molecule has 26 heavy (non-hydrogen) atoms. The van der Waals surface area contributed by atoms with Gasteiger partial charge in [0.1, 0.15) is 11.6 Å². The fourth-order valence-corrected chi connectivity index (χ4v) is 2.09. The molecule has 2 aromatic rings. The molecule has 0 saturated carbocycles. The first-order valence-electron chi connectivity index (χ1n) is 7.76. The molecule has 6 nitrogen and oxygen atoms in total. The van der Waals surface area contributed by atoms with Gasteiger partial charge in [0.2, 0.25) is 0 Å². The molecule has 136 valence electrons. The van der Waals surface area contributed by atoms with Crippen LogP contribution in [-0.4, -0.2) is 28.7 Å². The Kier molecular flexibility index (Phi) is 6.80. The van der Waals surface area contributed by atoms with Crippen LogP contribution in [0.25, 0.3) is 0 Å². The number of nitrogens with zero attached hydrogens (tertiary/aromatic N) is 1. The van der Waals surface area contributed by atoms with Crippen molar-refractivity contribution < 1.29 is 23.5 Å². The van der Waals surface area contributed by atoms with Crippen molar-refractivity contribution >= 4 is 35.1 Å². The van der Waals surface area contributed by atoms with E-state index in [2.05, 4.69) is 10.3 Å². The third kappa shape index (κ3) is 5.93. The van der Waals surface area contributed by atoms with Crippen LogP contribution in [0.1, 0.15) is 30.1 Å². The molecule has 0 radical (unpaired) electrons. The zero-order valence-electron chi connectivity index (χ0n) is 13.9. The standard InChI is InChI=1S/C18H16ClFN2O4/c1-11(18(25)22-16-8-4-13(19)10-21-16)26-17(24)9-7-15(23)12-2-5-14(20)6-3-12/h2-6,8,10-11H,7,9H2,1H3,(H,21,22,25)/t11-/m0/s1. The van der Waals surface area contributed by atoms with Gasteiger partial charge >= 0.3 is 5.97 Å².